The van der Waals surface area contributed by atoms with Crippen LogP contribution in [0, 0.1) is 0 Å². The van der Waals surface area contributed by atoms with Gasteiger partial charge in [0.05, 0.1) is 17.4 Å². The average Bonchev–Trinajstić information content (AvgIpc) is 2.82. The Labute approximate surface area is 192 Å². The number of hydrogen-bond acceptors (Lipinski definition) is 7. The van der Waals surface area contributed by atoms with Gasteiger partial charge in [-0.1, -0.05) is 19.4 Å². The molecule has 7 heteroatoms. The van der Waals surface area contributed by atoms with Crippen molar-refractivity contribution < 1.29 is 5.11 Å². The molecule has 1 saturated carbocycles. The van der Waals surface area contributed by atoms with Gasteiger partial charge in [-0.05, 0) is 82.6 Å². The second-order valence-electron chi connectivity index (χ2n) is 9.44. The largest absolute Gasteiger partial charge is 0.393 e. The zero-order chi connectivity index (χ0) is 22.3. The van der Waals surface area contributed by atoms with Crippen LogP contribution >= 0.6 is 0 Å². The molecular weight excluding hydrogens is 400 g/mol. The fourth-order valence-electron chi connectivity index (χ4n) is 4.70. The molecule has 174 valence electrons. The summed E-state index contributed by atoms with van der Waals surface area (Å²) >= 11 is 0. The van der Waals surface area contributed by atoms with Gasteiger partial charge >= 0.3 is 0 Å². The Morgan fingerprint density at radius 1 is 1.03 bits per heavy atom. The Bertz CT molecular complexity index is 842. The summed E-state index contributed by atoms with van der Waals surface area (Å²) in [6.07, 6.45) is 11.9. The van der Waals surface area contributed by atoms with Crippen LogP contribution in [0.2, 0.25) is 0 Å². The first-order valence-electron chi connectivity index (χ1n) is 12.3. The Hall–Kier alpha value is -2.25. The molecule has 0 bridgehead atoms. The van der Waals surface area contributed by atoms with Crippen LogP contribution in [0.5, 0.6) is 0 Å². The maximum atomic E-state index is 9.86. The van der Waals surface area contributed by atoms with E-state index in [1.165, 1.54) is 18.4 Å². The van der Waals surface area contributed by atoms with E-state index >= 15 is 0 Å². The van der Waals surface area contributed by atoms with Crippen LogP contribution in [-0.4, -0.2) is 63.8 Å². The molecule has 0 aromatic carbocycles. The molecule has 0 amide bonds. The lowest BCUT2D eigenvalue weighted by Gasteiger charge is -2.29. The molecule has 3 heterocycles. The summed E-state index contributed by atoms with van der Waals surface area (Å²) in [5, 5.41) is 16.8. The van der Waals surface area contributed by atoms with Crippen molar-refractivity contribution in [1.82, 2.24) is 19.9 Å². The van der Waals surface area contributed by atoms with Gasteiger partial charge in [0.25, 0.3) is 0 Å². The van der Waals surface area contributed by atoms with Crippen molar-refractivity contribution in [3.05, 3.63) is 30.1 Å². The molecule has 1 aliphatic carbocycles. The van der Waals surface area contributed by atoms with E-state index in [2.05, 4.69) is 46.6 Å². The summed E-state index contributed by atoms with van der Waals surface area (Å²) in [4.78, 5) is 16.6. The molecule has 1 aliphatic heterocycles. The van der Waals surface area contributed by atoms with Crippen LogP contribution in [-0.2, 0) is 0 Å². The minimum absolute atomic E-state index is 0.169. The smallest absolute Gasteiger partial charge is 0.224 e. The first kappa shape index (κ1) is 22.9. The van der Waals surface area contributed by atoms with E-state index in [-0.39, 0.29) is 6.10 Å². The average molecular weight is 439 g/mol. The van der Waals surface area contributed by atoms with Crippen LogP contribution < -0.4 is 10.6 Å². The second kappa shape index (κ2) is 11.1. The molecule has 2 aromatic rings. The molecule has 0 atom stereocenters. The third kappa shape index (κ3) is 5.95. The fourth-order valence-corrected chi connectivity index (χ4v) is 4.70. The first-order chi connectivity index (χ1) is 15.6. The van der Waals surface area contributed by atoms with Gasteiger partial charge in [0.1, 0.15) is 5.82 Å². The minimum atomic E-state index is -0.169. The van der Waals surface area contributed by atoms with E-state index in [9.17, 15) is 5.11 Å². The van der Waals surface area contributed by atoms with Crippen molar-refractivity contribution in [2.45, 2.75) is 76.4 Å². The highest BCUT2D eigenvalue weighted by molar-refractivity contribution is 5.73. The normalized spacial score (nSPS) is 22.6. The minimum Gasteiger partial charge on any atom is -0.393 e. The fraction of sp³-hybridized carbons (Fsp3) is 0.640. The lowest BCUT2D eigenvalue weighted by molar-refractivity contribution is 0.126. The predicted octanol–water partition coefficient (Wildman–Crippen LogP) is 4.28. The van der Waals surface area contributed by atoms with Crippen molar-refractivity contribution in [1.29, 1.82) is 0 Å². The summed E-state index contributed by atoms with van der Waals surface area (Å²) in [6.45, 7) is 5.35. The molecule has 0 spiro atoms. The van der Waals surface area contributed by atoms with E-state index in [0.29, 0.717) is 17.9 Å². The van der Waals surface area contributed by atoms with Crippen LogP contribution in [0.4, 0.5) is 11.8 Å². The lowest BCUT2D eigenvalue weighted by atomic mass is 9.90. The van der Waals surface area contributed by atoms with E-state index in [1.807, 2.05) is 12.4 Å². The molecule has 0 radical (unpaired) electrons. The number of likely N-dealkylation sites (tertiary alicyclic amines) is 1. The van der Waals surface area contributed by atoms with Crippen LogP contribution in [0.15, 0.2) is 24.5 Å². The number of nitrogens with one attached hydrogen (secondary N) is 2. The molecule has 2 aromatic heterocycles. The lowest BCUT2D eigenvalue weighted by Crippen LogP contribution is -2.29. The number of aromatic nitrogens is 3. The molecule has 1 saturated heterocycles. The van der Waals surface area contributed by atoms with Gasteiger partial charge in [-0.2, -0.15) is 4.98 Å². The van der Waals surface area contributed by atoms with Gasteiger partial charge in [-0.15, -0.1) is 0 Å². The molecule has 2 fully saturated rings. The van der Waals surface area contributed by atoms with Gasteiger partial charge in [-0.3, -0.25) is 4.98 Å². The predicted molar refractivity (Wildman–Crippen MR) is 130 cm³/mol. The van der Waals surface area contributed by atoms with Gasteiger partial charge in [0.2, 0.25) is 5.95 Å². The molecule has 3 N–H and O–H groups in total. The molecule has 0 unspecified atom stereocenters. The molecule has 7 nitrogen and oxygen atoms in total. The Kier molecular flexibility index (Phi) is 7.92. The molecular formula is C25H38N6O. The maximum absolute atomic E-state index is 9.86. The highest BCUT2D eigenvalue weighted by atomic mass is 16.3. The SMILES string of the molecule is CCCCNc1ncc(-c2ccc(C3CCN(C)CC3)cn2)c(NC2CCC(O)CC2)n1. The summed E-state index contributed by atoms with van der Waals surface area (Å²) in [7, 11) is 2.19. The summed E-state index contributed by atoms with van der Waals surface area (Å²) in [6, 6.07) is 4.66. The number of piperidine rings is 1. The third-order valence-corrected chi connectivity index (χ3v) is 6.89. The van der Waals surface area contributed by atoms with E-state index < -0.39 is 0 Å². The Morgan fingerprint density at radius 3 is 2.50 bits per heavy atom. The topological polar surface area (TPSA) is 86.2 Å². The van der Waals surface area contributed by atoms with Crippen molar-refractivity contribution in [2.75, 3.05) is 37.3 Å². The van der Waals surface area contributed by atoms with E-state index in [4.69, 9.17) is 9.97 Å². The number of unbranched alkanes of at least 4 members (excludes halogenated alkanes) is 1. The highest BCUT2D eigenvalue weighted by Crippen LogP contribution is 2.31. The Morgan fingerprint density at radius 2 is 1.81 bits per heavy atom. The van der Waals surface area contributed by atoms with Crippen molar-refractivity contribution >= 4 is 11.8 Å². The number of aliphatic hydroxyl groups excluding tert-OH is 1. The number of nitrogens with zero attached hydrogens (tertiary/aromatic N) is 4. The zero-order valence-corrected chi connectivity index (χ0v) is 19.6. The standard InChI is InChI=1S/C25H38N6O/c1-3-4-13-26-25-28-17-22(24(30-25)29-20-6-8-21(32)9-7-20)23-10-5-19(16-27-23)18-11-14-31(2)15-12-18/h5,10,16-18,20-21,32H,3-4,6-9,11-15H2,1-2H3,(H2,26,28,29,30). The first-order valence-corrected chi connectivity index (χ1v) is 12.3. The second-order valence-corrected chi connectivity index (χ2v) is 9.44. The zero-order valence-electron chi connectivity index (χ0n) is 19.6. The molecule has 2 aliphatic rings. The van der Waals surface area contributed by atoms with Crippen molar-refractivity contribution in [3.63, 3.8) is 0 Å². The van der Waals surface area contributed by atoms with Crippen molar-refractivity contribution in [3.8, 4) is 11.3 Å². The van der Waals surface area contributed by atoms with Gasteiger partial charge in [0.15, 0.2) is 0 Å². The summed E-state index contributed by atoms with van der Waals surface area (Å²) in [5.74, 6) is 2.09. The maximum Gasteiger partial charge on any atom is 0.224 e. The number of aliphatic hydroxyl groups is 1. The van der Waals surface area contributed by atoms with E-state index in [0.717, 1.165) is 75.2 Å². The Balaban J connectivity index is 1.53. The number of pyridine rings is 1. The highest BCUT2D eigenvalue weighted by Gasteiger charge is 2.22. The molecule has 4 rings (SSSR count). The number of hydrogen-bond donors (Lipinski definition) is 3. The summed E-state index contributed by atoms with van der Waals surface area (Å²) < 4.78 is 0. The van der Waals surface area contributed by atoms with Crippen LogP contribution in [0.1, 0.15) is 69.8 Å². The van der Waals surface area contributed by atoms with Gasteiger partial charge in [0, 0.05) is 25.0 Å². The monoisotopic (exact) mass is 438 g/mol. The summed E-state index contributed by atoms with van der Waals surface area (Å²) in [5.41, 5.74) is 3.17. The quantitative estimate of drug-likeness (QED) is 0.531. The van der Waals surface area contributed by atoms with Crippen molar-refractivity contribution in [2.24, 2.45) is 0 Å². The van der Waals surface area contributed by atoms with Gasteiger partial charge < -0.3 is 20.6 Å². The van der Waals surface area contributed by atoms with Gasteiger partial charge in [-0.25, -0.2) is 4.98 Å². The molecule has 32 heavy (non-hydrogen) atoms. The number of anilines is 2. The van der Waals surface area contributed by atoms with Crippen LogP contribution in [0.3, 0.4) is 0 Å². The van der Waals surface area contributed by atoms with E-state index in [1.54, 1.807) is 0 Å². The van der Waals surface area contributed by atoms with Crippen LogP contribution in [0.25, 0.3) is 11.3 Å². The third-order valence-electron chi connectivity index (χ3n) is 6.89. The number of rotatable bonds is 8.